The second kappa shape index (κ2) is 8.01. The molecule has 14 heavy (non-hydrogen) atoms. The van der Waals surface area contributed by atoms with E-state index >= 15 is 0 Å². The number of hydrogen-bond acceptors (Lipinski definition) is 2. The molecule has 0 aromatic carbocycles. The summed E-state index contributed by atoms with van der Waals surface area (Å²) in [5, 5.41) is 0. The van der Waals surface area contributed by atoms with Gasteiger partial charge in [-0.2, -0.15) is 0 Å². The third kappa shape index (κ3) is 6.17. The minimum Gasteiger partial charge on any atom is -0.303 e. The maximum atomic E-state index is 2.46. The van der Waals surface area contributed by atoms with Gasteiger partial charge < -0.3 is 9.80 Å². The second-order valence-corrected chi connectivity index (χ2v) is 3.90. The molecule has 0 unspecified atom stereocenters. The molecule has 0 fully saturated rings. The van der Waals surface area contributed by atoms with E-state index < -0.39 is 0 Å². The Morgan fingerprint density at radius 3 is 2.14 bits per heavy atom. The van der Waals surface area contributed by atoms with E-state index in [2.05, 4.69) is 50.6 Å². The Bertz CT molecular complexity index is 160. The van der Waals surface area contributed by atoms with Crippen molar-refractivity contribution < 1.29 is 0 Å². The van der Waals surface area contributed by atoms with Crippen LogP contribution in [0, 0.1) is 0 Å². The maximum Gasteiger partial charge on any atom is 0.0187 e. The minimum atomic E-state index is 1.10. The second-order valence-electron chi connectivity index (χ2n) is 3.90. The van der Waals surface area contributed by atoms with Crippen molar-refractivity contribution in [2.45, 2.75) is 27.7 Å². The first kappa shape index (κ1) is 13.7. The topological polar surface area (TPSA) is 6.48 Å². The summed E-state index contributed by atoms with van der Waals surface area (Å²) in [5.41, 5.74) is 1.45. The molecule has 2 nitrogen and oxygen atoms in total. The molecule has 0 rings (SSSR count). The first-order valence-electron chi connectivity index (χ1n) is 5.66. The molecule has 0 aliphatic carbocycles. The molecule has 0 amide bonds. The average Bonchev–Trinajstić information content (AvgIpc) is 2.19. The lowest BCUT2D eigenvalue weighted by Gasteiger charge is -2.23. The highest BCUT2D eigenvalue weighted by molar-refractivity contribution is 4.97. The zero-order valence-electron chi connectivity index (χ0n) is 10.5. The van der Waals surface area contributed by atoms with Crippen molar-refractivity contribution in [3.05, 3.63) is 11.6 Å². The third-order valence-corrected chi connectivity index (χ3v) is 2.70. The van der Waals surface area contributed by atoms with Crippen LogP contribution in [0.2, 0.25) is 0 Å². The molecule has 0 atom stereocenters. The highest BCUT2D eigenvalue weighted by Crippen LogP contribution is 1.96. The highest BCUT2D eigenvalue weighted by Gasteiger charge is 2.02. The van der Waals surface area contributed by atoms with Crippen molar-refractivity contribution in [3.8, 4) is 0 Å². The van der Waals surface area contributed by atoms with Gasteiger partial charge in [0.25, 0.3) is 0 Å². The van der Waals surface area contributed by atoms with E-state index in [1.54, 1.807) is 0 Å². The van der Waals surface area contributed by atoms with Gasteiger partial charge in [-0.3, -0.25) is 0 Å². The van der Waals surface area contributed by atoms with Gasteiger partial charge in [-0.1, -0.05) is 25.5 Å². The van der Waals surface area contributed by atoms with Gasteiger partial charge in [-0.25, -0.2) is 0 Å². The van der Waals surface area contributed by atoms with Gasteiger partial charge >= 0.3 is 0 Å². The largest absolute Gasteiger partial charge is 0.303 e. The number of nitrogens with zero attached hydrogens (tertiary/aromatic N) is 2. The molecule has 0 aliphatic rings. The molecule has 2 heteroatoms. The molecule has 0 spiro atoms. The Morgan fingerprint density at radius 1 is 1.14 bits per heavy atom. The van der Waals surface area contributed by atoms with E-state index in [9.17, 15) is 0 Å². The van der Waals surface area contributed by atoms with Crippen LogP contribution >= 0.6 is 0 Å². The normalized spacial score (nSPS) is 12.9. The lowest BCUT2D eigenvalue weighted by atomic mass is 10.3. The van der Waals surface area contributed by atoms with Crippen LogP contribution in [0.15, 0.2) is 11.6 Å². The zero-order chi connectivity index (χ0) is 11.0. The first-order chi connectivity index (χ1) is 6.63. The molecule has 0 aromatic heterocycles. The van der Waals surface area contributed by atoms with Crippen molar-refractivity contribution >= 4 is 0 Å². The number of rotatable bonds is 7. The van der Waals surface area contributed by atoms with Crippen molar-refractivity contribution in [2.24, 2.45) is 0 Å². The van der Waals surface area contributed by atoms with E-state index in [4.69, 9.17) is 0 Å². The molecule has 0 heterocycles. The minimum absolute atomic E-state index is 1.10. The summed E-state index contributed by atoms with van der Waals surface area (Å²) in [6.07, 6.45) is 2.19. The Kier molecular flexibility index (Phi) is 7.81. The van der Waals surface area contributed by atoms with Crippen LogP contribution in [-0.2, 0) is 0 Å². The van der Waals surface area contributed by atoms with E-state index in [0.29, 0.717) is 0 Å². The van der Waals surface area contributed by atoms with Gasteiger partial charge in [0.2, 0.25) is 0 Å². The van der Waals surface area contributed by atoms with Gasteiger partial charge in [0.05, 0.1) is 0 Å². The standard InChI is InChI=1S/C12H26N2/c1-6-12(4)11-13(5)9-10-14(7-2)8-3/h6H,7-11H2,1-5H3/b12-6+. The fourth-order valence-electron chi connectivity index (χ4n) is 1.45. The first-order valence-corrected chi connectivity index (χ1v) is 5.66. The van der Waals surface area contributed by atoms with Crippen LogP contribution in [0.25, 0.3) is 0 Å². The molecule has 0 N–H and O–H groups in total. The summed E-state index contributed by atoms with van der Waals surface area (Å²) in [4.78, 5) is 4.84. The van der Waals surface area contributed by atoms with Crippen LogP contribution < -0.4 is 0 Å². The predicted octanol–water partition coefficient (Wildman–Crippen LogP) is 2.23. The summed E-state index contributed by atoms with van der Waals surface area (Å²) in [7, 11) is 2.19. The van der Waals surface area contributed by atoms with E-state index in [-0.39, 0.29) is 0 Å². The molecule has 84 valence electrons. The molecule has 0 saturated carbocycles. The van der Waals surface area contributed by atoms with E-state index in [1.807, 2.05) is 0 Å². The van der Waals surface area contributed by atoms with Gasteiger partial charge in [-0.05, 0) is 34.0 Å². The number of hydrogen-bond donors (Lipinski definition) is 0. The molecule has 0 aromatic rings. The quantitative estimate of drug-likeness (QED) is 0.579. The number of likely N-dealkylation sites (N-methyl/N-ethyl adjacent to an activating group) is 2. The van der Waals surface area contributed by atoms with Crippen molar-refractivity contribution in [1.29, 1.82) is 0 Å². The Morgan fingerprint density at radius 2 is 1.71 bits per heavy atom. The van der Waals surface area contributed by atoms with Gasteiger partial charge in [0.15, 0.2) is 0 Å². The summed E-state index contributed by atoms with van der Waals surface area (Å²) in [6, 6.07) is 0. The summed E-state index contributed by atoms with van der Waals surface area (Å²) in [6.45, 7) is 14.5. The third-order valence-electron chi connectivity index (χ3n) is 2.70. The molecule has 0 aliphatic heterocycles. The Labute approximate surface area is 89.6 Å². The smallest absolute Gasteiger partial charge is 0.0187 e. The van der Waals surface area contributed by atoms with Crippen LogP contribution in [0.1, 0.15) is 27.7 Å². The van der Waals surface area contributed by atoms with E-state index in [1.165, 1.54) is 12.1 Å². The fraction of sp³-hybridized carbons (Fsp3) is 0.833. The van der Waals surface area contributed by atoms with Gasteiger partial charge in [0.1, 0.15) is 0 Å². The molecule has 0 radical (unpaired) electrons. The lowest BCUT2D eigenvalue weighted by molar-refractivity contribution is 0.249. The monoisotopic (exact) mass is 198 g/mol. The molecule has 0 saturated heterocycles. The maximum absolute atomic E-state index is 2.46. The Balaban J connectivity index is 3.67. The van der Waals surface area contributed by atoms with Crippen molar-refractivity contribution in [2.75, 3.05) is 39.8 Å². The average molecular weight is 198 g/mol. The number of allylic oxidation sites excluding steroid dienone is 1. The zero-order valence-corrected chi connectivity index (χ0v) is 10.5. The van der Waals surface area contributed by atoms with E-state index in [0.717, 1.165) is 26.2 Å². The predicted molar refractivity (Wildman–Crippen MR) is 64.7 cm³/mol. The summed E-state index contributed by atoms with van der Waals surface area (Å²) < 4.78 is 0. The van der Waals surface area contributed by atoms with Crippen LogP contribution in [0.5, 0.6) is 0 Å². The van der Waals surface area contributed by atoms with Gasteiger partial charge in [0, 0.05) is 19.6 Å². The summed E-state index contributed by atoms with van der Waals surface area (Å²) in [5.74, 6) is 0. The van der Waals surface area contributed by atoms with Crippen LogP contribution in [0.3, 0.4) is 0 Å². The van der Waals surface area contributed by atoms with Crippen LogP contribution in [-0.4, -0.2) is 49.6 Å². The fourth-order valence-corrected chi connectivity index (χ4v) is 1.45. The van der Waals surface area contributed by atoms with Crippen LogP contribution in [0.4, 0.5) is 0 Å². The SMILES string of the molecule is C/C=C(\C)CN(C)CCN(CC)CC. The summed E-state index contributed by atoms with van der Waals surface area (Å²) >= 11 is 0. The lowest BCUT2D eigenvalue weighted by Crippen LogP contribution is -2.33. The molecular weight excluding hydrogens is 172 g/mol. The van der Waals surface area contributed by atoms with Crippen molar-refractivity contribution in [1.82, 2.24) is 9.80 Å². The molecular formula is C12H26N2. The van der Waals surface area contributed by atoms with Gasteiger partial charge in [-0.15, -0.1) is 0 Å². The highest BCUT2D eigenvalue weighted by atomic mass is 15.2. The Hall–Kier alpha value is -0.340. The van der Waals surface area contributed by atoms with Crippen molar-refractivity contribution in [3.63, 3.8) is 0 Å². The molecule has 0 bridgehead atoms.